The lowest BCUT2D eigenvalue weighted by atomic mass is 9.81. The molecule has 10 aromatic carbocycles. The first-order valence-corrected chi connectivity index (χ1v) is 21.6. The second kappa shape index (κ2) is 13.1. The first kappa shape index (κ1) is 35.7. The summed E-state index contributed by atoms with van der Waals surface area (Å²) < 4.78 is 0. The fraction of sp³-hybridized carbons (Fsp3) is 0.100. The van der Waals surface area contributed by atoms with Crippen LogP contribution in [0.25, 0.3) is 76.8 Å². The number of fused-ring (bicyclic) bond motifs is 10. The number of rotatable bonds is 5. The SMILES string of the molecule is CC1(C)c2cc3ccccc3cc2-c2cc3ccc(N(c4ccc(-c5ccc(-c6ccccc6)cc5)cc4)c4ccc5c(c4)C(C)(C)c4ccc6ccccc6c4-5)cc3cc21. The molecule has 61 heavy (non-hydrogen) atoms. The molecule has 0 N–H and O–H groups in total. The van der Waals surface area contributed by atoms with Gasteiger partial charge < -0.3 is 4.90 Å². The Kier molecular flexibility index (Phi) is 7.69. The maximum atomic E-state index is 2.47. The molecule has 0 saturated carbocycles. The molecule has 0 heterocycles. The number of anilines is 3. The second-order valence-corrected chi connectivity index (χ2v) is 18.2. The summed E-state index contributed by atoms with van der Waals surface area (Å²) in [6.45, 7) is 9.55. The zero-order valence-corrected chi connectivity index (χ0v) is 35.0. The first-order valence-electron chi connectivity index (χ1n) is 21.6. The van der Waals surface area contributed by atoms with E-state index in [-0.39, 0.29) is 10.8 Å². The Morgan fingerprint density at radius 3 is 1.44 bits per heavy atom. The Labute approximate surface area is 358 Å². The minimum Gasteiger partial charge on any atom is -0.310 e. The van der Waals surface area contributed by atoms with Crippen LogP contribution < -0.4 is 4.90 Å². The number of hydrogen-bond donors (Lipinski definition) is 0. The summed E-state index contributed by atoms with van der Waals surface area (Å²) in [5.41, 5.74) is 19.0. The highest BCUT2D eigenvalue weighted by Crippen LogP contribution is 2.54. The normalized spacial score (nSPS) is 14.2. The van der Waals surface area contributed by atoms with Crippen molar-refractivity contribution in [2.75, 3.05) is 4.90 Å². The Bertz CT molecular complexity index is 3390. The van der Waals surface area contributed by atoms with Gasteiger partial charge in [-0.15, -0.1) is 0 Å². The summed E-state index contributed by atoms with van der Waals surface area (Å²) in [7, 11) is 0. The summed E-state index contributed by atoms with van der Waals surface area (Å²) >= 11 is 0. The molecule has 1 nitrogen and oxygen atoms in total. The molecule has 12 rings (SSSR count). The quantitative estimate of drug-likeness (QED) is 0.168. The number of nitrogens with zero attached hydrogens (tertiary/aromatic N) is 1. The maximum absolute atomic E-state index is 2.47. The predicted molar refractivity (Wildman–Crippen MR) is 260 cm³/mol. The molecule has 0 fully saturated rings. The minimum atomic E-state index is -0.151. The molecule has 0 aliphatic heterocycles. The van der Waals surface area contributed by atoms with Crippen molar-refractivity contribution in [2.45, 2.75) is 38.5 Å². The van der Waals surface area contributed by atoms with Gasteiger partial charge in [0, 0.05) is 27.9 Å². The Balaban J connectivity index is 0.991. The smallest absolute Gasteiger partial charge is 0.0468 e. The highest BCUT2D eigenvalue weighted by Gasteiger charge is 2.38. The minimum absolute atomic E-state index is 0.113. The van der Waals surface area contributed by atoms with Crippen LogP contribution in [-0.2, 0) is 10.8 Å². The lowest BCUT2D eigenvalue weighted by molar-refractivity contribution is 0.661. The average molecular weight is 780 g/mol. The lowest BCUT2D eigenvalue weighted by Gasteiger charge is -2.28. The molecule has 0 unspecified atom stereocenters. The van der Waals surface area contributed by atoms with Crippen LogP contribution in [0.2, 0.25) is 0 Å². The molecule has 2 aliphatic carbocycles. The van der Waals surface area contributed by atoms with E-state index in [0.717, 1.165) is 17.1 Å². The zero-order chi connectivity index (χ0) is 41.0. The van der Waals surface area contributed by atoms with Crippen LogP contribution in [0.5, 0.6) is 0 Å². The number of hydrogen-bond acceptors (Lipinski definition) is 1. The molecule has 290 valence electrons. The van der Waals surface area contributed by atoms with Gasteiger partial charge in [-0.25, -0.2) is 0 Å². The van der Waals surface area contributed by atoms with Crippen molar-refractivity contribution in [1.82, 2.24) is 0 Å². The van der Waals surface area contributed by atoms with Gasteiger partial charge in [0.25, 0.3) is 0 Å². The van der Waals surface area contributed by atoms with E-state index in [0.29, 0.717) is 0 Å². The van der Waals surface area contributed by atoms with Gasteiger partial charge in [-0.3, -0.25) is 0 Å². The van der Waals surface area contributed by atoms with Crippen LogP contribution >= 0.6 is 0 Å². The van der Waals surface area contributed by atoms with Crippen molar-refractivity contribution >= 4 is 49.4 Å². The first-order chi connectivity index (χ1) is 29.7. The molecule has 0 bridgehead atoms. The molecule has 2 aliphatic rings. The van der Waals surface area contributed by atoms with E-state index in [9.17, 15) is 0 Å². The van der Waals surface area contributed by atoms with Gasteiger partial charge in [-0.05, 0) is 160 Å². The summed E-state index contributed by atoms with van der Waals surface area (Å²) in [6.07, 6.45) is 0. The zero-order valence-electron chi connectivity index (χ0n) is 35.0. The van der Waals surface area contributed by atoms with E-state index in [1.54, 1.807) is 0 Å². The van der Waals surface area contributed by atoms with Crippen LogP contribution in [0.1, 0.15) is 49.9 Å². The molecule has 0 amide bonds. The molecule has 0 radical (unpaired) electrons. The second-order valence-electron chi connectivity index (χ2n) is 18.2. The van der Waals surface area contributed by atoms with Crippen LogP contribution in [0, 0.1) is 0 Å². The summed E-state index contributed by atoms with van der Waals surface area (Å²) in [6, 6.07) is 74.8. The van der Waals surface area contributed by atoms with E-state index in [4.69, 9.17) is 0 Å². The molecule has 0 saturated heterocycles. The fourth-order valence-electron chi connectivity index (χ4n) is 10.7. The van der Waals surface area contributed by atoms with Gasteiger partial charge in [0.1, 0.15) is 0 Å². The Morgan fingerprint density at radius 2 is 0.754 bits per heavy atom. The van der Waals surface area contributed by atoms with E-state index in [1.165, 1.54) is 99.1 Å². The van der Waals surface area contributed by atoms with Crippen molar-refractivity contribution in [3.8, 4) is 44.5 Å². The monoisotopic (exact) mass is 779 g/mol. The average Bonchev–Trinajstić information content (AvgIpc) is 3.66. The van der Waals surface area contributed by atoms with E-state index in [2.05, 4.69) is 233 Å². The lowest BCUT2D eigenvalue weighted by Crippen LogP contribution is -2.16. The van der Waals surface area contributed by atoms with Crippen molar-refractivity contribution in [2.24, 2.45) is 0 Å². The molecule has 10 aromatic rings. The summed E-state index contributed by atoms with van der Waals surface area (Å²) in [5, 5.41) is 7.71. The molecule has 0 atom stereocenters. The van der Waals surface area contributed by atoms with Crippen LogP contribution in [0.3, 0.4) is 0 Å². The topological polar surface area (TPSA) is 3.24 Å². The predicted octanol–water partition coefficient (Wildman–Crippen LogP) is 16.6. The third-order valence-corrected chi connectivity index (χ3v) is 14.0. The molecule has 1 heteroatoms. The molecule has 0 spiro atoms. The van der Waals surface area contributed by atoms with Gasteiger partial charge in [0.15, 0.2) is 0 Å². The van der Waals surface area contributed by atoms with Crippen molar-refractivity contribution in [3.63, 3.8) is 0 Å². The standard InChI is InChI=1S/C60H45N/c1-59(2)54-31-25-42-14-10-11-17-50(42)58(54)51-30-29-49(37-57(51)59)61(47-26-22-41(23-27-47)40-20-18-39(19-21-40)38-12-6-5-7-13-38)48-28-24-45-34-53-52-33-43-15-8-9-16-44(43)35-55(52)60(3,4)56(53)36-46(45)32-48/h5-37H,1-4H3. The van der Waals surface area contributed by atoms with Crippen LogP contribution in [-0.4, -0.2) is 0 Å². The van der Waals surface area contributed by atoms with Gasteiger partial charge in [0.05, 0.1) is 0 Å². The Hall–Kier alpha value is -7.22. The Morgan fingerprint density at radius 1 is 0.295 bits per heavy atom. The molecular formula is C60H45N. The van der Waals surface area contributed by atoms with Crippen molar-refractivity contribution in [3.05, 3.63) is 222 Å². The summed E-state index contributed by atoms with van der Waals surface area (Å²) in [4.78, 5) is 2.46. The van der Waals surface area contributed by atoms with E-state index in [1.807, 2.05) is 0 Å². The van der Waals surface area contributed by atoms with Crippen molar-refractivity contribution in [1.29, 1.82) is 0 Å². The largest absolute Gasteiger partial charge is 0.310 e. The third kappa shape index (κ3) is 5.47. The highest BCUT2D eigenvalue weighted by atomic mass is 15.1. The molecular weight excluding hydrogens is 735 g/mol. The maximum Gasteiger partial charge on any atom is 0.0468 e. The molecule has 0 aromatic heterocycles. The van der Waals surface area contributed by atoms with Gasteiger partial charge >= 0.3 is 0 Å². The van der Waals surface area contributed by atoms with Crippen molar-refractivity contribution < 1.29 is 0 Å². The van der Waals surface area contributed by atoms with Gasteiger partial charge in [0.2, 0.25) is 0 Å². The van der Waals surface area contributed by atoms with Gasteiger partial charge in [-0.2, -0.15) is 0 Å². The third-order valence-electron chi connectivity index (χ3n) is 14.0. The van der Waals surface area contributed by atoms with E-state index < -0.39 is 0 Å². The summed E-state index contributed by atoms with van der Waals surface area (Å²) in [5.74, 6) is 0. The highest BCUT2D eigenvalue weighted by molar-refractivity contribution is 6.04. The number of benzene rings is 10. The van der Waals surface area contributed by atoms with Gasteiger partial charge in [-0.1, -0.05) is 167 Å². The van der Waals surface area contributed by atoms with Crippen LogP contribution in [0.15, 0.2) is 200 Å². The van der Waals surface area contributed by atoms with Crippen LogP contribution in [0.4, 0.5) is 17.1 Å². The fourth-order valence-corrected chi connectivity index (χ4v) is 10.7. The van der Waals surface area contributed by atoms with E-state index >= 15 is 0 Å².